The van der Waals surface area contributed by atoms with Crippen LogP contribution in [0.5, 0.6) is 5.75 Å². The fraction of sp³-hybridized carbons (Fsp3) is 0.429. The minimum absolute atomic E-state index is 0.113. The molecule has 4 atom stereocenters. The van der Waals surface area contributed by atoms with Crippen LogP contribution in [0, 0.1) is 62.6 Å². The van der Waals surface area contributed by atoms with Crippen LogP contribution < -0.4 is 4.74 Å². The molecule has 1 N–H and O–H groups in total. The molecule has 0 amide bonds. The van der Waals surface area contributed by atoms with Gasteiger partial charge in [-0.15, -0.1) is 0 Å². The Balaban J connectivity index is 2.28. The van der Waals surface area contributed by atoms with E-state index in [1.165, 1.54) is 12.1 Å². The van der Waals surface area contributed by atoms with Gasteiger partial charge in [0.2, 0.25) is 0 Å². The predicted molar refractivity (Wildman–Crippen MR) is 96.3 cm³/mol. The molecule has 1 unspecified atom stereocenters. The number of allylic oxidation sites excluding steroid dienone is 2. The third-order valence-electron chi connectivity index (χ3n) is 5.71. The summed E-state index contributed by atoms with van der Waals surface area (Å²) >= 11 is 0. The van der Waals surface area contributed by atoms with Crippen molar-refractivity contribution in [1.82, 2.24) is 0 Å². The second kappa shape index (κ2) is 7.41. The minimum Gasteiger partial charge on any atom is -0.435 e. The highest BCUT2D eigenvalue weighted by Crippen LogP contribution is 2.57. The van der Waals surface area contributed by atoms with Gasteiger partial charge in [-0.05, 0) is 36.3 Å². The normalized spacial score (nSPS) is 28.3. The van der Waals surface area contributed by atoms with Gasteiger partial charge in [-0.3, -0.25) is 0 Å². The van der Waals surface area contributed by atoms with Gasteiger partial charge in [0.1, 0.15) is 11.7 Å². The number of nitriles is 3. The molecule has 1 aromatic rings. The summed E-state index contributed by atoms with van der Waals surface area (Å²) in [5, 5.41) is 38.1. The van der Waals surface area contributed by atoms with E-state index in [0.717, 1.165) is 6.42 Å². The van der Waals surface area contributed by atoms with Crippen molar-refractivity contribution >= 4 is 5.71 Å². The van der Waals surface area contributed by atoms with E-state index in [0.29, 0.717) is 12.0 Å². The molecule has 1 fully saturated rings. The average Bonchev–Trinajstić information content (AvgIpc) is 2.68. The molecule has 0 saturated heterocycles. The van der Waals surface area contributed by atoms with Crippen molar-refractivity contribution in [2.24, 2.45) is 23.2 Å². The number of nitrogens with one attached hydrogen (secondary N) is 1. The van der Waals surface area contributed by atoms with Crippen molar-refractivity contribution in [3.05, 3.63) is 41.5 Å². The van der Waals surface area contributed by atoms with Gasteiger partial charge in [0, 0.05) is 11.5 Å². The van der Waals surface area contributed by atoms with E-state index in [-0.39, 0.29) is 28.9 Å². The van der Waals surface area contributed by atoms with E-state index in [9.17, 15) is 24.6 Å². The minimum atomic E-state index is -3.06. The predicted octanol–water partition coefficient (Wildman–Crippen LogP) is 4.55. The van der Waals surface area contributed by atoms with Crippen LogP contribution >= 0.6 is 0 Å². The van der Waals surface area contributed by atoms with E-state index < -0.39 is 23.9 Å². The Kier molecular flexibility index (Phi) is 5.16. The van der Waals surface area contributed by atoms with Gasteiger partial charge in [0.05, 0.1) is 23.9 Å². The van der Waals surface area contributed by atoms with Gasteiger partial charge < -0.3 is 10.1 Å². The Morgan fingerprint density at radius 1 is 1.21 bits per heavy atom. The highest BCUT2D eigenvalue weighted by molar-refractivity contribution is 6.00. The van der Waals surface area contributed by atoms with Crippen LogP contribution in [0.2, 0.25) is 0 Å². The quantitative estimate of drug-likeness (QED) is 0.777. The number of hydrogen-bond acceptors (Lipinski definition) is 5. The summed E-state index contributed by atoms with van der Waals surface area (Å²) in [5.41, 5.74) is -1.24. The van der Waals surface area contributed by atoms with Crippen molar-refractivity contribution in [2.45, 2.75) is 32.3 Å². The Labute approximate surface area is 162 Å². The summed E-state index contributed by atoms with van der Waals surface area (Å²) in [7, 11) is 0. The number of rotatable bonds is 3. The molecule has 142 valence electrons. The fourth-order valence-corrected chi connectivity index (χ4v) is 4.49. The molecule has 0 aromatic heterocycles. The van der Waals surface area contributed by atoms with E-state index in [4.69, 9.17) is 5.41 Å². The number of alkyl halides is 2. The lowest BCUT2D eigenvalue weighted by atomic mass is 9.52. The Morgan fingerprint density at radius 2 is 1.89 bits per heavy atom. The zero-order valence-corrected chi connectivity index (χ0v) is 15.2. The molecular formula is C21H18F2N4O. The van der Waals surface area contributed by atoms with E-state index in [1.54, 1.807) is 12.1 Å². The summed E-state index contributed by atoms with van der Waals surface area (Å²) in [6, 6.07) is 12.1. The van der Waals surface area contributed by atoms with Crippen LogP contribution in [0.15, 0.2) is 35.9 Å². The van der Waals surface area contributed by atoms with Crippen LogP contribution in [0.25, 0.3) is 0 Å². The van der Waals surface area contributed by atoms with Crippen molar-refractivity contribution in [2.75, 3.05) is 0 Å². The summed E-state index contributed by atoms with van der Waals surface area (Å²) < 4.78 is 30.6. The lowest BCUT2D eigenvalue weighted by Gasteiger charge is -2.47. The summed E-state index contributed by atoms with van der Waals surface area (Å²) in [6.45, 7) is -1.04. The maximum absolute atomic E-state index is 13.0. The van der Waals surface area contributed by atoms with Gasteiger partial charge >= 0.3 is 6.61 Å². The maximum Gasteiger partial charge on any atom is 0.387 e. The lowest BCUT2D eigenvalue weighted by molar-refractivity contribution is -0.0509. The fourth-order valence-electron chi connectivity index (χ4n) is 4.49. The lowest BCUT2D eigenvalue weighted by Crippen LogP contribution is -2.49. The highest BCUT2D eigenvalue weighted by Gasteiger charge is 2.58. The topological polar surface area (TPSA) is 104 Å². The largest absolute Gasteiger partial charge is 0.435 e. The summed E-state index contributed by atoms with van der Waals surface area (Å²) in [5.74, 6) is -2.09. The average molecular weight is 380 g/mol. The van der Waals surface area contributed by atoms with Gasteiger partial charge in [-0.25, -0.2) is 0 Å². The van der Waals surface area contributed by atoms with Crippen LogP contribution in [-0.2, 0) is 0 Å². The van der Waals surface area contributed by atoms with Gasteiger partial charge in [0.15, 0.2) is 5.41 Å². The molecule has 1 saturated carbocycles. The summed E-state index contributed by atoms with van der Waals surface area (Å²) in [6.07, 6.45) is 3.23. The summed E-state index contributed by atoms with van der Waals surface area (Å²) in [4.78, 5) is 0. The molecule has 5 nitrogen and oxygen atoms in total. The highest BCUT2D eigenvalue weighted by atomic mass is 19.3. The molecule has 2 aliphatic rings. The molecule has 0 bridgehead atoms. The molecule has 1 aromatic carbocycles. The van der Waals surface area contributed by atoms with Crippen LogP contribution in [0.1, 0.15) is 31.2 Å². The second-order valence-corrected chi connectivity index (χ2v) is 7.29. The first-order valence-electron chi connectivity index (χ1n) is 8.94. The van der Waals surface area contributed by atoms with Gasteiger partial charge in [0.25, 0.3) is 0 Å². The van der Waals surface area contributed by atoms with Crippen molar-refractivity contribution < 1.29 is 13.5 Å². The third-order valence-corrected chi connectivity index (χ3v) is 5.71. The molecule has 0 heterocycles. The number of benzene rings is 1. The number of ether oxygens (including phenoxy) is 1. The Morgan fingerprint density at radius 3 is 2.50 bits per heavy atom. The molecule has 2 aliphatic carbocycles. The first-order chi connectivity index (χ1) is 13.4. The molecule has 0 aliphatic heterocycles. The first-order valence-corrected chi connectivity index (χ1v) is 8.94. The van der Waals surface area contributed by atoms with Crippen LogP contribution in [0.3, 0.4) is 0 Å². The Hall–Kier alpha value is -3.24. The Bertz CT molecular complexity index is 936. The van der Waals surface area contributed by atoms with Gasteiger partial charge in [-0.1, -0.05) is 31.2 Å². The smallest absolute Gasteiger partial charge is 0.387 e. The van der Waals surface area contributed by atoms with E-state index in [2.05, 4.69) is 10.8 Å². The number of fused-ring (bicyclic) bond motifs is 1. The van der Waals surface area contributed by atoms with E-state index >= 15 is 0 Å². The molecular weight excluding hydrogens is 362 g/mol. The molecule has 7 heteroatoms. The van der Waals surface area contributed by atoms with Crippen LogP contribution in [-0.4, -0.2) is 12.3 Å². The number of nitrogens with zero attached hydrogens (tertiary/aromatic N) is 3. The zero-order chi connectivity index (χ0) is 20.5. The molecule has 0 spiro atoms. The zero-order valence-electron chi connectivity index (χ0n) is 15.2. The van der Waals surface area contributed by atoms with Gasteiger partial charge in [-0.2, -0.15) is 24.6 Å². The van der Waals surface area contributed by atoms with Crippen molar-refractivity contribution in [1.29, 1.82) is 21.2 Å². The third kappa shape index (κ3) is 2.92. The molecule has 0 radical (unpaired) electrons. The SMILES string of the molecule is C[C@@H]1CC=C2C(C#N)C(=N)C(C#N)(C#N)[C@H](c3ccccc3OC(F)F)[C@H]2C1. The molecule has 3 rings (SSSR count). The number of halogens is 2. The van der Waals surface area contributed by atoms with Crippen molar-refractivity contribution in [3.8, 4) is 24.0 Å². The number of para-hydroxylation sites is 1. The molecule has 28 heavy (non-hydrogen) atoms. The van der Waals surface area contributed by atoms with Crippen molar-refractivity contribution in [3.63, 3.8) is 0 Å². The maximum atomic E-state index is 13.0. The standard InChI is InChI=1S/C21H18F2N4O/c1-12-6-7-13-15(8-12)18(14-4-2-3-5-17(14)28-20(22)23)21(10-25,11-26)19(27)16(13)9-24/h2-5,7,12,15-16,18,20,27H,6,8H2,1H3/t12-,15+,16?,18-/m1/s1. The monoisotopic (exact) mass is 380 g/mol. The second-order valence-electron chi connectivity index (χ2n) is 7.29. The first kappa shape index (κ1) is 19.5. The van der Waals surface area contributed by atoms with Crippen LogP contribution in [0.4, 0.5) is 8.78 Å². The van der Waals surface area contributed by atoms with E-state index in [1.807, 2.05) is 25.1 Å². The number of hydrogen-bond donors (Lipinski definition) is 1.